The predicted molar refractivity (Wildman–Crippen MR) is 122 cm³/mol. The topological polar surface area (TPSA) is 75.7 Å². The second kappa shape index (κ2) is 9.66. The lowest BCUT2D eigenvalue weighted by molar-refractivity contribution is 0.0935. The zero-order chi connectivity index (χ0) is 22.4. The fourth-order valence-corrected chi connectivity index (χ4v) is 4.41. The Kier molecular flexibility index (Phi) is 6.97. The lowest BCUT2D eigenvalue weighted by Crippen LogP contribution is -2.28. The molecule has 0 radical (unpaired) electrons. The summed E-state index contributed by atoms with van der Waals surface area (Å²) in [4.78, 5) is 12.9. The summed E-state index contributed by atoms with van der Waals surface area (Å²) in [6, 6.07) is 22.4. The van der Waals surface area contributed by atoms with Crippen LogP contribution in [-0.4, -0.2) is 28.5 Å². The highest BCUT2D eigenvalue weighted by Gasteiger charge is 2.22. The Morgan fingerprint density at radius 3 is 2.13 bits per heavy atom. The van der Waals surface area contributed by atoms with Gasteiger partial charge in [0.25, 0.3) is 15.9 Å². The van der Waals surface area contributed by atoms with E-state index in [2.05, 4.69) is 5.32 Å². The number of hydrogen-bond acceptors (Lipinski definition) is 4. The number of rotatable bonds is 8. The Morgan fingerprint density at radius 2 is 1.58 bits per heavy atom. The Hall–Kier alpha value is -3.32. The van der Waals surface area contributed by atoms with Crippen LogP contribution in [0, 0.1) is 0 Å². The van der Waals surface area contributed by atoms with Gasteiger partial charge < -0.3 is 10.1 Å². The molecular formula is C24H26N2O4S. The number of carbonyl (C=O) groups excluding carboxylic acids is 1. The highest BCUT2D eigenvalue weighted by molar-refractivity contribution is 7.92. The molecule has 1 N–H and O–H groups in total. The van der Waals surface area contributed by atoms with Crippen LogP contribution in [0.4, 0.5) is 5.69 Å². The van der Waals surface area contributed by atoms with Crippen molar-refractivity contribution in [2.24, 2.45) is 0 Å². The fourth-order valence-electron chi connectivity index (χ4n) is 3.22. The summed E-state index contributed by atoms with van der Waals surface area (Å²) in [6.07, 6.45) is 0.761. The molecule has 0 aromatic heterocycles. The summed E-state index contributed by atoms with van der Waals surface area (Å²) in [6.45, 7) is 2.01. The second-order valence-electron chi connectivity index (χ2n) is 7.04. The van der Waals surface area contributed by atoms with Crippen molar-refractivity contribution in [1.82, 2.24) is 5.32 Å². The standard InChI is InChI=1S/C24H26N2O4S/c1-4-23(18-8-6-5-7-9-18)25-24(27)19-10-12-20(13-11-19)26(2)31(28,29)22-16-14-21(30-3)15-17-22/h5-17,23H,4H2,1-3H3,(H,25,27)/t23-/m1/s1. The number of nitrogens with zero attached hydrogens (tertiary/aromatic N) is 1. The summed E-state index contributed by atoms with van der Waals surface area (Å²) in [5, 5.41) is 3.03. The van der Waals surface area contributed by atoms with Crippen LogP contribution >= 0.6 is 0 Å². The third-order valence-corrected chi connectivity index (χ3v) is 6.93. The van der Waals surface area contributed by atoms with E-state index in [1.807, 2.05) is 37.3 Å². The summed E-state index contributed by atoms with van der Waals surface area (Å²) in [7, 11) is -0.725. The first-order valence-corrected chi connectivity index (χ1v) is 11.4. The van der Waals surface area contributed by atoms with Crippen molar-refractivity contribution < 1.29 is 17.9 Å². The molecule has 6 nitrogen and oxygen atoms in total. The van der Waals surface area contributed by atoms with Crippen molar-refractivity contribution in [3.63, 3.8) is 0 Å². The first-order valence-electron chi connectivity index (χ1n) is 9.95. The number of sulfonamides is 1. The predicted octanol–water partition coefficient (Wildman–Crippen LogP) is 4.40. The van der Waals surface area contributed by atoms with Crippen LogP contribution in [0.5, 0.6) is 5.75 Å². The lowest BCUT2D eigenvalue weighted by Gasteiger charge is -2.20. The largest absolute Gasteiger partial charge is 0.497 e. The van der Waals surface area contributed by atoms with Crippen molar-refractivity contribution >= 4 is 21.6 Å². The molecule has 0 aliphatic carbocycles. The van der Waals surface area contributed by atoms with Gasteiger partial charge in [0.15, 0.2) is 0 Å². The number of nitrogens with one attached hydrogen (secondary N) is 1. The smallest absolute Gasteiger partial charge is 0.264 e. The van der Waals surface area contributed by atoms with Gasteiger partial charge in [-0.25, -0.2) is 8.42 Å². The highest BCUT2D eigenvalue weighted by Crippen LogP contribution is 2.24. The van der Waals surface area contributed by atoms with Gasteiger partial charge in [0.2, 0.25) is 0 Å². The van der Waals surface area contributed by atoms with Crippen LogP contribution in [0.3, 0.4) is 0 Å². The average molecular weight is 439 g/mol. The molecule has 0 unspecified atom stereocenters. The molecule has 7 heteroatoms. The average Bonchev–Trinajstić information content (AvgIpc) is 2.82. The highest BCUT2D eigenvalue weighted by atomic mass is 32.2. The molecule has 0 bridgehead atoms. The summed E-state index contributed by atoms with van der Waals surface area (Å²) in [5.74, 6) is 0.376. The molecule has 0 spiro atoms. The maximum absolute atomic E-state index is 12.9. The van der Waals surface area contributed by atoms with Crippen LogP contribution in [-0.2, 0) is 10.0 Å². The maximum atomic E-state index is 12.9. The van der Waals surface area contributed by atoms with Crippen molar-refractivity contribution in [3.05, 3.63) is 90.0 Å². The Balaban J connectivity index is 1.74. The van der Waals surface area contributed by atoms with Crippen molar-refractivity contribution in [3.8, 4) is 5.75 Å². The molecule has 0 saturated heterocycles. The van der Waals surface area contributed by atoms with E-state index in [0.717, 1.165) is 12.0 Å². The van der Waals surface area contributed by atoms with Crippen molar-refractivity contribution in [1.29, 1.82) is 0 Å². The van der Waals surface area contributed by atoms with Crippen molar-refractivity contribution in [2.45, 2.75) is 24.3 Å². The molecule has 0 heterocycles. The molecule has 31 heavy (non-hydrogen) atoms. The van der Waals surface area contributed by atoms with E-state index in [1.54, 1.807) is 36.4 Å². The number of methoxy groups -OCH3 is 1. The van der Waals surface area contributed by atoms with Gasteiger partial charge in [-0.05, 0) is 60.5 Å². The van der Waals surface area contributed by atoms with E-state index in [1.165, 1.54) is 30.6 Å². The summed E-state index contributed by atoms with van der Waals surface area (Å²) < 4.78 is 32.1. The van der Waals surface area contributed by atoms with E-state index in [9.17, 15) is 13.2 Å². The van der Waals surface area contributed by atoms with Crippen molar-refractivity contribution in [2.75, 3.05) is 18.5 Å². The lowest BCUT2D eigenvalue weighted by atomic mass is 10.0. The molecule has 0 saturated carbocycles. The number of benzene rings is 3. The molecule has 0 fully saturated rings. The SMILES string of the molecule is CC[C@@H](NC(=O)c1ccc(N(C)S(=O)(=O)c2ccc(OC)cc2)cc1)c1ccccc1. The van der Waals surface area contributed by atoms with E-state index in [4.69, 9.17) is 4.74 Å². The van der Waals surface area contributed by atoms with Crippen LogP contribution in [0.1, 0.15) is 35.3 Å². The first kappa shape index (κ1) is 22.4. The van der Waals surface area contributed by atoms with Gasteiger partial charge in [0.1, 0.15) is 5.75 Å². The molecule has 3 rings (SSSR count). The minimum absolute atomic E-state index is 0.0912. The minimum Gasteiger partial charge on any atom is -0.497 e. The normalized spacial score (nSPS) is 12.1. The van der Waals surface area contributed by atoms with Crippen LogP contribution in [0.25, 0.3) is 0 Å². The number of hydrogen-bond donors (Lipinski definition) is 1. The number of ether oxygens (including phenoxy) is 1. The quantitative estimate of drug-likeness (QED) is 0.566. The van der Waals surface area contributed by atoms with E-state index in [0.29, 0.717) is 17.0 Å². The number of carbonyl (C=O) groups is 1. The monoisotopic (exact) mass is 438 g/mol. The third-order valence-electron chi connectivity index (χ3n) is 5.13. The summed E-state index contributed by atoms with van der Waals surface area (Å²) in [5.41, 5.74) is 1.97. The Bertz CT molecular complexity index is 1110. The zero-order valence-electron chi connectivity index (χ0n) is 17.8. The Labute approximate surface area is 183 Å². The fraction of sp³-hybridized carbons (Fsp3) is 0.208. The third kappa shape index (κ3) is 5.06. The van der Waals surface area contributed by atoms with Gasteiger partial charge >= 0.3 is 0 Å². The van der Waals surface area contributed by atoms with Gasteiger partial charge in [-0.1, -0.05) is 37.3 Å². The van der Waals surface area contributed by atoms with E-state index >= 15 is 0 Å². The summed E-state index contributed by atoms with van der Waals surface area (Å²) >= 11 is 0. The van der Waals surface area contributed by atoms with Gasteiger partial charge in [0, 0.05) is 12.6 Å². The van der Waals surface area contributed by atoms with Crippen LogP contribution in [0.15, 0.2) is 83.8 Å². The minimum atomic E-state index is -3.73. The number of amides is 1. The van der Waals surface area contributed by atoms with Gasteiger partial charge in [-0.15, -0.1) is 0 Å². The van der Waals surface area contributed by atoms with Crippen LogP contribution < -0.4 is 14.4 Å². The van der Waals surface area contributed by atoms with E-state index in [-0.39, 0.29) is 16.8 Å². The molecule has 162 valence electrons. The molecule has 1 atom stereocenters. The van der Waals surface area contributed by atoms with Gasteiger partial charge in [-0.2, -0.15) is 0 Å². The molecule has 3 aromatic carbocycles. The second-order valence-corrected chi connectivity index (χ2v) is 9.01. The zero-order valence-corrected chi connectivity index (χ0v) is 18.6. The number of anilines is 1. The maximum Gasteiger partial charge on any atom is 0.264 e. The molecule has 1 amide bonds. The molecule has 3 aromatic rings. The molecule has 0 aliphatic rings. The molecular weight excluding hydrogens is 412 g/mol. The van der Waals surface area contributed by atoms with Gasteiger partial charge in [-0.3, -0.25) is 9.10 Å². The molecule has 0 aliphatic heterocycles. The van der Waals surface area contributed by atoms with Gasteiger partial charge in [0.05, 0.1) is 23.7 Å². The van der Waals surface area contributed by atoms with E-state index < -0.39 is 10.0 Å². The Morgan fingerprint density at radius 1 is 0.968 bits per heavy atom. The van der Waals surface area contributed by atoms with Crippen LogP contribution in [0.2, 0.25) is 0 Å². The first-order chi connectivity index (χ1) is 14.9.